The Bertz CT molecular complexity index is 1710. The molecule has 3 heterocycles. The minimum absolute atomic E-state index is 0.231. The molecular formula is C26H19Cl2FN6O3. The number of nitrogens with one attached hydrogen (secondary N) is 2. The molecule has 9 nitrogen and oxygen atoms in total. The van der Waals surface area contributed by atoms with Crippen molar-refractivity contribution in [2.75, 3.05) is 24.9 Å². The predicted molar refractivity (Wildman–Crippen MR) is 145 cm³/mol. The average molecular weight is 553 g/mol. The Morgan fingerprint density at radius 1 is 1.05 bits per heavy atom. The first-order chi connectivity index (χ1) is 18.3. The number of hydrogen-bond donors (Lipinski definition) is 2. The molecule has 192 valence electrons. The molecule has 0 saturated heterocycles. The number of hydrogen-bond acceptors (Lipinski definition) is 7. The Labute approximate surface area is 225 Å². The summed E-state index contributed by atoms with van der Waals surface area (Å²) >= 11 is 13.3. The van der Waals surface area contributed by atoms with Gasteiger partial charge in [-0.05, 0) is 30.3 Å². The molecular weight excluding hydrogens is 534 g/mol. The number of ether oxygens (including phenoxy) is 2. The van der Waals surface area contributed by atoms with E-state index in [2.05, 4.69) is 32.3 Å². The van der Waals surface area contributed by atoms with Gasteiger partial charge in [0.2, 0.25) is 5.91 Å². The highest BCUT2D eigenvalue weighted by Gasteiger charge is 2.22. The van der Waals surface area contributed by atoms with Crippen molar-refractivity contribution >= 4 is 62.9 Å². The van der Waals surface area contributed by atoms with Crippen LogP contribution in [0.5, 0.6) is 11.5 Å². The summed E-state index contributed by atoms with van der Waals surface area (Å²) in [5, 5.41) is 11.4. The van der Waals surface area contributed by atoms with Crippen molar-refractivity contribution in [1.29, 1.82) is 0 Å². The maximum absolute atomic E-state index is 13.8. The van der Waals surface area contributed by atoms with E-state index in [-0.39, 0.29) is 5.69 Å². The molecule has 0 spiro atoms. The molecule has 0 atom stereocenters. The highest BCUT2D eigenvalue weighted by molar-refractivity contribution is 6.41. The van der Waals surface area contributed by atoms with E-state index in [4.69, 9.17) is 32.7 Å². The van der Waals surface area contributed by atoms with E-state index in [1.54, 1.807) is 22.8 Å². The number of amides is 1. The van der Waals surface area contributed by atoms with Gasteiger partial charge in [0.1, 0.15) is 29.5 Å². The van der Waals surface area contributed by atoms with Gasteiger partial charge in [0.05, 0.1) is 41.2 Å². The topological polar surface area (TPSA) is 103 Å². The molecule has 0 aliphatic rings. The smallest absolute Gasteiger partial charge is 0.247 e. The van der Waals surface area contributed by atoms with Gasteiger partial charge in [-0.2, -0.15) is 5.10 Å². The van der Waals surface area contributed by atoms with Crippen LogP contribution >= 0.6 is 23.2 Å². The normalized spacial score (nSPS) is 11.0. The summed E-state index contributed by atoms with van der Waals surface area (Å²) in [6, 6.07) is 9.16. The molecule has 0 fully saturated rings. The molecule has 0 unspecified atom stereocenters. The standard InChI is InChI=1S/C26H19Cl2FN6O3/c1-4-22(36)34-17-8-14(29)5-6-16(17)33-21-9-18-13(11-30-21)7-15(26-31-12-32-35(18)26)23-24(27)19(37-2)10-20(38-3)25(23)28/h4-12H,1H2,2-3H3,(H,30,33)(H,34,36). The Hall–Kier alpha value is -4.41. The number of anilines is 3. The number of carbonyl (C=O) groups is 1. The fraction of sp³-hybridized carbons (Fsp3) is 0.0769. The highest BCUT2D eigenvalue weighted by atomic mass is 35.5. The lowest BCUT2D eigenvalue weighted by Crippen LogP contribution is -2.10. The van der Waals surface area contributed by atoms with Crippen molar-refractivity contribution in [1.82, 2.24) is 19.6 Å². The highest BCUT2D eigenvalue weighted by Crippen LogP contribution is 2.47. The summed E-state index contributed by atoms with van der Waals surface area (Å²) in [4.78, 5) is 20.7. The number of nitrogens with zero attached hydrogens (tertiary/aromatic N) is 4. The lowest BCUT2D eigenvalue weighted by molar-refractivity contribution is -0.111. The van der Waals surface area contributed by atoms with Gasteiger partial charge < -0.3 is 20.1 Å². The van der Waals surface area contributed by atoms with E-state index in [1.165, 1.54) is 38.7 Å². The van der Waals surface area contributed by atoms with Crippen LogP contribution in [0.1, 0.15) is 0 Å². The van der Waals surface area contributed by atoms with Gasteiger partial charge in [-0.1, -0.05) is 29.8 Å². The van der Waals surface area contributed by atoms with Crippen LogP contribution < -0.4 is 20.1 Å². The summed E-state index contributed by atoms with van der Waals surface area (Å²) in [6.45, 7) is 3.43. The zero-order valence-electron chi connectivity index (χ0n) is 20.1. The summed E-state index contributed by atoms with van der Waals surface area (Å²) in [6.07, 6.45) is 4.14. The van der Waals surface area contributed by atoms with E-state index in [0.717, 1.165) is 6.08 Å². The van der Waals surface area contributed by atoms with Gasteiger partial charge in [-0.3, -0.25) is 4.79 Å². The van der Waals surface area contributed by atoms with Gasteiger partial charge in [0.15, 0.2) is 5.65 Å². The van der Waals surface area contributed by atoms with Gasteiger partial charge in [-0.15, -0.1) is 0 Å². The second-order valence-electron chi connectivity index (χ2n) is 7.97. The predicted octanol–water partition coefficient (Wildman–Crippen LogP) is 6.28. The molecule has 0 aliphatic carbocycles. The number of benzene rings is 2. The molecule has 5 rings (SSSR count). The lowest BCUT2D eigenvalue weighted by Gasteiger charge is -2.16. The second kappa shape index (κ2) is 10.2. The second-order valence-corrected chi connectivity index (χ2v) is 8.73. The minimum Gasteiger partial charge on any atom is -0.495 e. The van der Waals surface area contributed by atoms with Crippen LogP contribution in [0.2, 0.25) is 10.0 Å². The number of fused-ring (bicyclic) bond motifs is 3. The summed E-state index contributed by atoms with van der Waals surface area (Å²) in [7, 11) is 3.00. The Morgan fingerprint density at radius 3 is 2.47 bits per heavy atom. The molecule has 0 radical (unpaired) electrons. The molecule has 0 saturated carbocycles. The van der Waals surface area contributed by atoms with E-state index >= 15 is 0 Å². The maximum Gasteiger partial charge on any atom is 0.247 e. The molecule has 1 amide bonds. The van der Waals surface area contributed by atoms with Gasteiger partial charge in [-0.25, -0.2) is 18.9 Å². The van der Waals surface area contributed by atoms with Crippen LogP contribution in [0, 0.1) is 5.82 Å². The van der Waals surface area contributed by atoms with E-state index in [9.17, 15) is 9.18 Å². The zero-order valence-corrected chi connectivity index (χ0v) is 21.6. The van der Waals surface area contributed by atoms with Gasteiger partial charge in [0, 0.05) is 34.8 Å². The first-order valence-corrected chi connectivity index (χ1v) is 11.8. The number of methoxy groups -OCH3 is 2. The lowest BCUT2D eigenvalue weighted by atomic mass is 10.0. The van der Waals surface area contributed by atoms with Crippen LogP contribution in [-0.4, -0.2) is 39.7 Å². The van der Waals surface area contributed by atoms with Gasteiger partial charge >= 0.3 is 0 Å². The van der Waals surface area contributed by atoms with Crippen LogP contribution in [0.25, 0.3) is 27.7 Å². The van der Waals surface area contributed by atoms with Crippen molar-refractivity contribution < 1.29 is 18.7 Å². The number of halogens is 3. The largest absolute Gasteiger partial charge is 0.495 e. The van der Waals surface area contributed by atoms with Crippen molar-refractivity contribution in [3.63, 3.8) is 0 Å². The monoisotopic (exact) mass is 552 g/mol. The molecule has 12 heteroatoms. The summed E-state index contributed by atoms with van der Waals surface area (Å²) in [5.41, 5.74) is 2.88. The van der Waals surface area contributed by atoms with Crippen LogP contribution in [0.3, 0.4) is 0 Å². The third-order valence-corrected chi connectivity index (χ3v) is 6.51. The Kier molecular flexibility index (Phi) is 6.75. The number of carbonyl (C=O) groups excluding carboxylic acids is 1. The molecule has 38 heavy (non-hydrogen) atoms. The quantitative estimate of drug-likeness (QED) is 0.229. The Balaban J connectivity index is 1.64. The van der Waals surface area contributed by atoms with Crippen molar-refractivity contribution in [2.24, 2.45) is 0 Å². The first kappa shape index (κ1) is 25.2. The van der Waals surface area contributed by atoms with Crippen molar-refractivity contribution in [3.05, 3.63) is 77.4 Å². The fourth-order valence-corrected chi connectivity index (χ4v) is 4.70. The minimum atomic E-state index is -0.510. The number of aromatic nitrogens is 4. The van der Waals surface area contributed by atoms with Crippen molar-refractivity contribution in [3.8, 4) is 22.6 Å². The van der Waals surface area contributed by atoms with Crippen molar-refractivity contribution in [2.45, 2.75) is 0 Å². The molecule has 2 N–H and O–H groups in total. The van der Waals surface area contributed by atoms with Crippen LogP contribution in [0.15, 0.2) is 61.6 Å². The number of rotatable bonds is 7. The molecule has 3 aromatic heterocycles. The van der Waals surface area contributed by atoms with E-state index < -0.39 is 11.7 Å². The molecule has 0 aliphatic heterocycles. The van der Waals surface area contributed by atoms with E-state index in [0.29, 0.717) is 60.7 Å². The third-order valence-electron chi connectivity index (χ3n) is 5.76. The summed E-state index contributed by atoms with van der Waals surface area (Å²) < 4.78 is 26.3. The van der Waals surface area contributed by atoms with Crippen LogP contribution in [-0.2, 0) is 4.79 Å². The molecule has 0 bridgehead atoms. The maximum atomic E-state index is 13.8. The first-order valence-electron chi connectivity index (χ1n) is 11.1. The average Bonchev–Trinajstić information content (AvgIpc) is 3.41. The van der Waals surface area contributed by atoms with Gasteiger partial charge in [0.25, 0.3) is 0 Å². The SMILES string of the molecule is C=CC(=O)Nc1cc(F)ccc1Nc1cc2c(cn1)cc(-c1c(Cl)c(OC)cc(OC)c1Cl)c1ncnn12. The molecule has 5 aromatic rings. The third kappa shape index (κ3) is 4.44. The zero-order chi connectivity index (χ0) is 27.0. The number of pyridine rings is 2. The Morgan fingerprint density at radius 2 is 1.79 bits per heavy atom. The summed E-state index contributed by atoms with van der Waals surface area (Å²) in [5.74, 6) is 0.203. The molecule has 2 aromatic carbocycles. The van der Waals surface area contributed by atoms with E-state index in [1.807, 2.05) is 6.07 Å². The van der Waals surface area contributed by atoms with Crippen LogP contribution in [0.4, 0.5) is 21.6 Å². The fourth-order valence-electron chi connectivity index (χ4n) is 4.00.